The van der Waals surface area contributed by atoms with E-state index in [9.17, 15) is 59.8 Å². The van der Waals surface area contributed by atoms with E-state index in [1.165, 1.54) is 46.1 Å². The smallest absolute Gasteiger partial charge is 0.416 e. The average molecular weight is 1440 g/mol. The van der Waals surface area contributed by atoms with Crippen LogP contribution in [0.15, 0.2) is 133 Å². The Balaban J connectivity index is 0.640. The summed E-state index contributed by atoms with van der Waals surface area (Å²) in [5.41, 5.74) is -0.295. The van der Waals surface area contributed by atoms with Gasteiger partial charge in [-0.05, 0) is 154 Å². The van der Waals surface area contributed by atoms with Crippen LogP contribution in [0.5, 0.6) is 0 Å². The van der Waals surface area contributed by atoms with Crippen LogP contribution >= 0.6 is 11.3 Å². The molecular weight excluding hydrogens is 1340 g/mol. The predicted molar refractivity (Wildman–Crippen MR) is 380 cm³/mol. The molecular formula is C78H95F7N8O8S. The highest BCUT2D eigenvalue weighted by atomic mass is 32.1. The van der Waals surface area contributed by atoms with Crippen molar-refractivity contribution >= 4 is 46.7 Å². The molecule has 0 radical (unpaired) electrons. The summed E-state index contributed by atoms with van der Waals surface area (Å²) in [5, 5.41) is 10.4. The summed E-state index contributed by atoms with van der Waals surface area (Å²) in [4.78, 5) is 83.9. The number of thiophene rings is 1. The van der Waals surface area contributed by atoms with Crippen LogP contribution in [0.2, 0.25) is 0 Å². The second-order valence-corrected chi connectivity index (χ2v) is 30.3. The standard InChI is InChI=1S/C78H95F7N8O8S/c1-74(2,3)52-91(38-16-8-11-24-69(94)87(5)44-45-89-39-31-62(32-40-89)93(73(98)99)66-23-15-13-21-64(66)55-18-9-7-10-19-55)50-63-29-30-67(102-63)72(97)88(6)37-17-36-86(4)70(95)51-100-68-48-56-20-12-14-22-65(56)75(68)33-41-90(42-34-75)43-35-76(58-25-27-61(79)28-26-58)53-92(54-101-76)71(96)57-46-59(77(80,81)82)49-60(47-57)78(83,84)85/h7,9-10,12-15,18-23,25-30,46-47,49,62,68H,8,11,16-17,24,31-45,48,50-54H2,1-6H3,(H,98,99)/t68-,76-/m0/s1. The van der Waals surface area contributed by atoms with Crippen LogP contribution in [0.3, 0.4) is 0 Å². The van der Waals surface area contributed by atoms with Gasteiger partial charge in [0.2, 0.25) is 11.8 Å². The number of ether oxygens (including phenoxy) is 2. The van der Waals surface area contributed by atoms with Crippen molar-refractivity contribution in [3.8, 4) is 11.1 Å². The van der Waals surface area contributed by atoms with Crippen molar-refractivity contribution in [2.45, 2.75) is 133 Å². The highest BCUT2D eigenvalue weighted by Crippen LogP contribution is 2.49. The molecule has 102 heavy (non-hydrogen) atoms. The SMILES string of the molecule is CN(CCN1CCC(N(C(=O)O)c2ccccc2-c2ccccc2)CC1)C(=O)CCCCCN(Cc1ccc(C(=O)N(C)CCCN(C)C(=O)CO[C@H]2Cc3ccccc3C23CCN(CC[C@@]2(c4ccc(F)cc4)CN(C(=O)c4cc(C(F)(F)F)cc(C(F)(F)F)c4)CO2)CC3)s1)CC(C)(C)C. The number of amides is 5. The summed E-state index contributed by atoms with van der Waals surface area (Å²) in [6.45, 7) is 13.5. The molecule has 0 bridgehead atoms. The molecule has 6 aromatic rings. The molecule has 1 aromatic heterocycles. The van der Waals surface area contributed by atoms with Crippen molar-refractivity contribution in [2.24, 2.45) is 5.41 Å². The molecule has 550 valence electrons. The second kappa shape index (κ2) is 33.4. The van der Waals surface area contributed by atoms with Crippen LogP contribution in [0.1, 0.15) is 138 Å². The number of hydrogen-bond donors (Lipinski definition) is 1. The largest absolute Gasteiger partial charge is 0.465 e. The van der Waals surface area contributed by atoms with Gasteiger partial charge in [0, 0.05) is 114 Å². The lowest BCUT2D eigenvalue weighted by Gasteiger charge is -2.44. The van der Waals surface area contributed by atoms with Crippen LogP contribution < -0.4 is 4.90 Å². The van der Waals surface area contributed by atoms with Gasteiger partial charge in [-0.2, -0.15) is 26.3 Å². The number of piperidine rings is 2. The number of halogens is 7. The first kappa shape index (κ1) is 76.9. The molecule has 3 fully saturated rings. The van der Waals surface area contributed by atoms with Crippen LogP contribution in [0.25, 0.3) is 11.1 Å². The fourth-order valence-electron chi connectivity index (χ4n) is 15.0. The third-order valence-corrected chi connectivity index (χ3v) is 21.7. The Morgan fingerprint density at radius 2 is 1.31 bits per heavy atom. The molecule has 0 saturated carbocycles. The molecule has 4 aliphatic rings. The summed E-state index contributed by atoms with van der Waals surface area (Å²) in [5.74, 6) is -1.76. The first-order chi connectivity index (χ1) is 48.5. The molecule has 4 heterocycles. The normalized spacial score (nSPS) is 18.2. The molecule has 5 aromatic carbocycles. The summed E-state index contributed by atoms with van der Waals surface area (Å²) in [6.07, 6.45) is -4.32. The third-order valence-electron chi connectivity index (χ3n) is 20.6. The van der Waals surface area contributed by atoms with Gasteiger partial charge < -0.3 is 44.0 Å². The van der Waals surface area contributed by atoms with Crippen molar-refractivity contribution < 1.29 is 69.3 Å². The van der Waals surface area contributed by atoms with Crippen molar-refractivity contribution in [3.63, 3.8) is 0 Å². The number of benzene rings is 5. The lowest BCUT2D eigenvalue weighted by Crippen LogP contribution is -2.50. The van der Waals surface area contributed by atoms with Crippen molar-refractivity contribution in [2.75, 3.05) is 118 Å². The van der Waals surface area contributed by atoms with Gasteiger partial charge in [-0.1, -0.05) is 112 Å². The van der Waals surface area contributed by atoms with E-state index in [1.54, 1.807) is 23.9 Å². The van der Waals surface area contributed by atoms with Crippen molar-refractivity contribution in [1.82, 2.24) is 34.3 Å². The number of likely N-dealkylation sites (tertiary alicyclic amines) is 2. The number of carboxylic acid groups (broad SMARTS) is 1. The Labute approximate surface area is 597 Å². The Bertz CT molecular complexity index is 3800. The number of anilines is 1. The van der Waals surface area contributed by atoms with E-state index in [2.05, 4.69) is 47.6 Å². The van der Waals surface area contributed by atoms with E-state index < -0.39 is 64.6 Å². The van der Waals surface area contributed by atoms with E-state index >= 15 is 0 Å². The average Bonchev–Trinajstić information content (AvgIpc) is 1.58. The molecule has 0 unspecified atom stereocenters. The minimum absolute atomic E-state index is 0.0266. The Hall–Kier alpha value is -7.74. The fraction of sp³-hybridized carbons (Fsp3) is 0.500. The molecule has 10 rings (SSSR count). The van der Waals surface area contributed by atoms with E-state index in [0.717, 1.165) is 78.5 Å². The number of alkyl halides is 6. The molecule has 24 heteroatoms. The number of fused-ring (bicyclic) bond motifs is 2. The molecule has 3 saturated heterocycles. The zero-order valence-corrected chi connectivity index (χ0v) is 60.0. The molecule has 1 spiro atoms. The number of rotatable bonds is 28. The molecule has 1 aliphatic carbocycles. The van der Waals surface area contributed by atoms with Crippen LogP contribution in [0.4, 0.5) is 41.2 Å². The quantitative estimate of drug-likeness (QED) is 0.0369. The lowest BCUT2D eigenvalue weighted by molar-refractivity contribution is -0.143. The minimum Gasteiger partial charge on any atom is -0.465 e. The number of unbranched alkanes of at least 4 members (excludes halogenated alkanes) is 2. The summed E-state index contributed by atoms with van der Waals surface area (Å²) in [6, 6.07) is 35.7. The van der Waals surface area contributed by atoms with E-state index in [1.807, 2.05) is 90.8 Å². The number of carbonyl (C=O) groups excluding carboxylic acids is 4. The first-order valence-corrected chi connectivity index (χ1v) is 36.2. The maximum Gasteiger partial charge on any atom is 0.416 e. The van der Waals surface area contributed by atoms with Crippen LogP contribution in [-0.4, -0.2) is 194 Å². The van der Waals surface area contributed by atoms with Gasteiger partial charge in [-0.3, -0.25) is 29.0 Å². The zero-order chi connectivity index (χ0) is 73.2. The predicted octanol–water partition coefficient (Wildman–Crippen LogP) is 14.4. The number of likely N-dealkylation sites (N-methyl/N-ethyl adjacent to an activating group) is 2. The van der Waals surface area contributed by atoms with Crippen molar-refractivity contribution in [1.29, 1.82) is 0 Å². The monoisotopic (exact) mass is 1440 g/mol. The molecule has 16 nitrogen and oxygen atoms in total. The highest BCUT2D eigenvalue weighted by Gasteiger charge is 2.50. The summed E-state index contributed by atoms with van der Waals surface area (Å²) >= 11 is 1.49. The van der Waals surface area contributed by atoms with Crippen molar-refractivity contribution in [3.05, 3.63) is 182 Å². The van der Waals surface area contributed by atoms with Gasteiger partial charge >= 0.3 is 18.4 Å². The van der Waals surface area contributed by atoms with Gasteiger partial charge in [0.05, 0.1) is 34.3 Å². The van der Waals surface area contributed by atoms with E-state index in [-0.39, 0.29) is 60.9 Å². The molecule has 5 amide bonds. The molecule has 2 atom stereocenters. The number of nitrogens with zero attached hydrogens (tertiary/aromatic N) is 8. The second-order valence-electron chi connectivity index (χ2n) is 29.1. The summed E-state index contributed by atoms with van der Waals surface area (Å²) in [7, 11) is 5.37. The van der Waals surface area contributed by atoms with E-state index in [4.69, 9.17) is 9.47 Å². The first-order valence-electron chi connectivity index (χ1n) is 35.3. The van der Waals surface area contributed by atoms with Crippen LogP contribution in [-0.2, 0) is 55.4 Å². The Morgan fingerprint density at radius 1 is 0.676 bits per heavy atom. The molecule has 1 N–H and O–H groups in total. The number of para-hydroxylation sites is 1. The third kappa shape index (κ3) is 19.4. The van der Waals surface area contributed by atoms with Crippen LogP contribution in [0, 0.1) is 11.2 Å². The Kier molecular flexibility index (Phi) is 25.1. The van der Waals surface area contributed by atoms with Gasteiger partial charge in [0.25, 0.3) is 11.8 Å². The maximum absolute atomic E-state index is 14.3. The number of hydrogen-bond acceptors (Lipinski definition) is 11. The highest BCUT2D eigenvalue weighted by molar-refractivity contribution is 7.14. The van der Waals surface area contributed by atoms with Gasteiger partial charge in [-0.15, -0.1) is 11.3 Å². The lowest BCUT2D eigenvalue weighted by atomic mass is 9.72. The van der Waals surface area contributed by atoms with E-state index in [0.29, 0.717) is 119 Å². The number of carbonyl (C=O) groups is 5. The fourth-order valence-corrected chi connectivity index (χ4v) is 16.1. The zero-order valence-electron chi connectivity index (χ0n) is 59.2. The summed E-state index contributed by atoms with van der Waals surface area (Å²) < 4.78 is 110. The molecule has 3 aliphatic heterocycles. The van der Waals surface area contributed by atoms with Gasteiger partial charge in [0.15, 0.2) is 0 Å². The Morgan fingerprint density at radius 3 is 1.99 bits per heavy atom. The van der Waals surface area contributed by atoms with Gasteiger partial charge in [-0.25, -0.2) is 9.18 Å². The minimum atomic E-state index is -5.15. The van der Waals surface area contributed by atoms with Gasteiger partial charge in [0.1, 0.15) is 24.8 Å². The topological polar surface area (TPSA) is 150 Å². The maximum atomic E-state index is 14.3.